The maximum absolute atomic E-state index is 11.8. The number of nitrogens with one attached hydrogen (secondary N) is 2. The lowest BCUT2D eigenvalue weighted by Crippen LogP contribution is -2.24. The molecule has 0 aliphatic carbocycles. The highest BCUT2D eigenvalue weighted by Crippen LogP contribution is 2.06. The molecule has 2 N–H and O–H groups in total. The first kappa shape index (κ1) is 11.5. The SMILES string of the molecule is CNc1cncc(C(=O)NCc2ccsc2)n1. The predicted molar refractivity (Wildman–Crippen MR) is 67.1 cm³/mol. The number of anilines is 1. The third-order valence-corrected chi connectivity index (χ3v) is 2.89. The Balaban J connectivity index is 1.99. The lowest BCUT2D eigenvalue weighted by atomic mass is 10.3. The smallest absolute Gasteiger partial charge is 0.271 e. The van der Waals surface area contributed by atoms with Crippen LogP contribution in [0.5, 0.6) is 0 Å². The largest absolute Gasteiger partial charge is 0.372 e. The van der Waals surface area contributed by atoms with Crippen LogP contribution in [0.3, 0.4) is 0 Å². The maximum Gasteiger partial charge on any atom is 0.271 e. The second-order valence-electron chi connectivity index (χ2n) is 3.35. The summed E-state index contributed by atoms with van der Waals surface area (Å²) >= 11 is 1.60. The van der Waals surface area contributed by atoms with Crippen molar-refractivity contribution in [3.63, 3.8) is 0 Å². The van der Waals surface area contributed by atoms with Gasteiger partial charge in [-0.1, -0.05) is 0 Å². The van der Waals surface area contributed by atoms with Gasteiger partial charge in [-0.2, -0.15) is 11.3 Å². The van der Waals surface area contributed by atoms with Crippen LogP contribution in [0.1, 0.15) is 16.1 Å². The number of thiophene rings is 1. The van der Waals surface area contributed by atoms with E-state index < -0.39 is 0 Å². The van der Waals surface area contributed by atoms with E-state index in [4.69, 9.17) is 0 Å². The molecule has 0 aliphatic rings. The van der Waals surface area contributed by atoms with Crippen molar-refractivity contribution < 1.29 is 4.79 Å². The standard InChI is InChI=1S/C11H12N4OS/c1-12-10-6-13-5-9(15-10)11(16)14-4-8-2-3-17-7-8/h2-3,5-7H,4H2,1H3,(H,12,15)(H,14,16). The summed E-state index contributed by atoms with van der Waals surface area (Å²) in [7, 11) is 1.73. The van der Waals surface area contributed by atoms with E-state index in [2.05, 4.69) is 20.6 Å². The van der Waals surface area contributed by atoms with Crippen LogP contribution in [-0.4, -0.2) is 22.9 Å². The van der Waals surface area contributed by atoms with Crippen molar-refractivity contribution in [1.82, 2.24) is 15.3 Å². The van der Waals surface area contributed by atoms with Gasteiger partial charge in [-0.25, -0.2) is 4.98 Å². The van der Waals surface area contributed by atoms with Crippen molar-refractivity contribution in [2.75, 3.05) is 12.4 Å². The minimum absolute atomic E-state index is 0.221. The fourth-order valence-electron chi connectivity index (χ4n) is 1.26. The fourth-order valence-corrected chi connectivity index (χ4v) is 1.93. The molecule has 0 saturated heterocycles. The zero-order chi connectivity index (χ0) is 12.1. The number of amides is 1. The molecule has 2 aromatic rings. The molecule has 0 aliphatic heterocycles. The highest BCUT2D eigenvalue weighted by molar-refractivity contribution is 7.07. The summed E-state index contributed by atoms with van der Waals surface area (Å²) in [6.45, 7) is 0.508. The van der Waals surface area contributed by atoms with Crippen LogP contribution >= 0.6 is 11.3 Å². The summed E-state index contributed by atoms with van der Waals surface area (Å²) in [6, 6.07) is 1.97. The number of carbonyl (C=O) groups excluding carboxylic acids is 1. The second kappa shape index (κ2) is 5.40. The maximum atomic E-state index is 11.8. The van der Waals surface area contributed by atoms with E-state index in [1.807, 2.05) is 16.8 Å². The zero-order valence-corrected chi connectivity index (χ0v) is 10.1. The van der Waals surface area contributed by atoms with Crippen molar-refractivity contribution >= 4 is 23.1 Å². The van der Waals surface area contributed by atoms with Gasteiger partial charge in [0.15, 0.2) is 0 Å². The Morgan fingerprint density at radius 2 is 2.35 bits per heavy atom. The Morgan fingerprint density at radius 3 is 3.06 bits per heavy atom. The van der Waals surface area contributed by atoms with Crippen LogP contribution in [0, 0.1) is 0 Å². The lowest BCUT2D eigenvalue weighted by Gasteiger charge is -2.04. The van der Waals surface area contributed by atoms with Crippen LogP contribution < -0.4 is 10.6 Å². The van der Waals surface area contributed by atoms with Crippen molar-refractivity contribution in [3.8, 4) is 0 Å². The Morgan fingerprint density at radius 1 is 1.47 bits per heavy atom. The molecule has 2 aromatic heterocycles. The predicted octanol–water partition coefficient (Wildman–Crippen LogP) is 1.51. The first-order valence-corrected chi connectivity index (χ1v) is 6.03. The van der Waals surface area contributed by atoms with Gasteiger partial charge in [0.25, 0.3) is 5.91 Å². The number of carbonyl (C=O) groups is 1. The Hall–Kier alpha value is -1.95. The summed E-state index contributed by atoms with van der Waals surface area (Å²) in [5, 5.41) is 9.60. The number of hydrogen-bond donors (Lipinski definition) is 2. The van der Waals surface area contributed by atoms with Gasteiger partial charge in [0.05, 0.1) is 12.4 Å². The van der Waals surface area contributed by atoms with Crippen LogP contribution in [-0.2, 0) is 6.54 Å². The Kier molecular flexibility index (Phi) is 3.66. The normalized spacial score (nSPS) is 9.94. The van der Waals surface area contributed by atoms with E-state index in [9.17, 15) is 4.79 Å². The topological polar surface area (TPSA) is 66.9 Å². The molecule has 0 atom stereocenters. The van der Waals surface area contributed by atoms with Crippen LogP contribution in [0.2, 0.25) is 0 Å². The molecular weight excluding hydrogens is 236 g/mol. The van der Waals surface area contributed by atoms with Gasteiger partial charge < -0.3 is 10.6 Å². The number of nitrogens with zero attached hydrogens (tertiary/aromatic N) is 2. The molecule has 0 fully saturated rings. The molecule has 6 heteroatoms. The molecule has 2 heterocycles. The summed E-state index contributed by atoms with van der Waals surface area (Å²) in [4.78, 5) is 19.8. The Bertz CT molecular complexity index is 498. The average Bonchev–Trinajstić information content (AvgIpc) is 2.89. The molecule has 5 nitrogen and oxygen atoms in total. The van der Waals surface area contributed by atoms with Crippen LogP contribution in [0.15, 0.2) is 29.2 Å². The summed E-state index contributed by atoms with van der Waals surface area (Å²) in [6.07, 6.45) is 3.01. The molecule has 17 heavy (non-hydrogen) atoms. The molecule has 88 valence electrons. The van der Waals surface area contributed by atoms with Gasteiger partial charge >= 0.3 is 0 Å². The molecular formula is C11H12N4OS. The first-order valence-electron chi connectivity index (χ1n) is 5.08. The van der Waals surface area contributed by atoms with E-state index in [-0.39, 0.29) is 5.91 Å². The summed E-state index contributed by atoms with van der Waals surface area (Å²) < 4.78 is 0. The van der Waals surface area contributed by atoms with Crippen molar-refractivity contribution in [2.24, 2.45) is 0 Å². The molecule has 0 bridgehead atoms. The quantitative estimate of drug-likeness (QED) is 0.860. The molecule has 0 unspecified atom stereocenters. The van der Waals surface area contributed by atoms with Crippen molar-refractivity contribution in [2.45, 2.75) is 6.54 Å². The van der Waals surface area contributed by atoms with E-state index >= 15 is 0 Å². The van der Waals surface area contributed by atoms with Gasteiger partial charge in [0.1, 0.15) is 11.5 Å². The van der Waals surface area contributed by atoms with Crippen LogP contribution in [0.4, 0.5) is 5.82 Å². The van der Waals surface area contributed by atoms with Gasteiger partial charge in [-0.15, -0.1) is 0 Å². The second-order valence-corrected chi connectivity index (χ2v) is 4.13. The minimum Gasteiger partial charge on any atom is -0.372 e. The molecule has 0 aromatic carbocycles. The highest BCUT2D eigenvalue weighted by Gasteiger charge is 2.08. The third-order valence-electron chi connectivity index (χ3n) is 2.16. The first-order chi connectivity index (χ1) is 8.29. The number of aromatic nitrogens is 2. The minimum atomic E-state index is -0.221. The van der Waals surface area contributed by atoms with Crippen LogP contribution in [0.25, 0.3) is 0 Å². The van der Waals surface area contributed by atoms with Gasteiger partial charge in [0.2, 0.25) is 0 Å². The monoisotopic (exact) mass is 248 g/mol. The van der Waals surface area contributed by atoms with Gasteiger partial charge in [-0.3, -0.25) is 9.78 Å². The van der Waals surface area contributed by atoms with Crippen molar-refractivity contribution in [1.29, 1.82) is 0 Å². The molecule has 0 spiro atoms. The van der Waals surface area contributed by atoms with Gasteiger partial charge in [0, 0.05) is 13.6 Å². The summed E-state index contributed by atoms with van der Waals surface area (Å²) in [5.41, 5.74) is 1.40. The Labute approximate surface area is 103 Å². The third kappa shape index (κ3) is 3.01. The van der Waals surface area contributed by atoms with E-state index in [1.54, 1.807) is 24.6 Å². The van der Waals surface area contributed by atoms with E-state index in [0.29, 0.717) is 18.1 Å². The molecule has 0 radical (unpaired) electrons. The highest BCUT2D eigenvalue weighted by atomic mass is 32.1. The fraction of sp³-hybridized carbons (Fsp3) is 0.182. The molecule has 1 amide bonds. The number of rotatable bonds is 4. The molecule has 0 saturated carbocycles. The van der Waals surface area contributed by atoms with Crippen molar-refractivity contribution in [3.05, 3.63) is 40.5 Å². The number of hydrogen-bond acceptors (Lipinski definition) is 5. The average molecular weight is 248 g/mol. The summed E-state index contributed by atoms with van der Waals surface area (Å²) in [5.74, 6) is 0.356. The van der Waals surface area contributed by atoms with Gasteiger partial charge in [-0.05, 0) is 22.4 Å². The zero-order valence-electron chi connectivity index (χ0n) is 9.30. The lowest BCUT2D eigenvalue weighted by molar-refractivity contribution is 0.0945. The van der Waals surface area contributed by atoms with E-state index in [1.165, 1.54) is 6.20 Å². The van der Waals surface area contributed by atoms with E-state index in [0.717, 1.165) is 5.56 Å². The molecule has 2 rings (SSSR count).